The van der Waals surface area contributed by atoms with Crippen molar-refractivity contribution in [1.82, 2.24) is 25.0 Å². The van der Waals surface area contributed by atoms with E-state index in [2.05, 4.69) is 21.5 Å². The summed E-state index contributed by atoms with van der Waals surface area (Å²) in [4.78, 5) is 57.3. The number of piperidine rings is 1. The minimum absolute atomic E-state index is 0.0676. The number of anilines is 1. The number of carbonyl (C=O) groups excluding carboxylic acids is 4. The number of ether oxygens (including phenoxy) is 1. The molecule has 52 heavy (non-hydrogen) atoms. The molecule has 3 aromatic carbocycles. The van der Waals surface area contributed by atoms with Crippen LogP contribution in [0.1, 0.15) is 51.1 Å². The quantitative estimate of drug-likeness (QED) is 0.127. The minimum Gasteiger partial charge on any atom is -0.492 e. The second kappa shape index (κ2) is 13.2. The van der Waals surface area contributed by atoms with E-state index in [1.165, 1.54) is 0 Å². The fourth-order valence-corrected chi connectivity index (χ4v) is 7.00. The summed E-state index contributed by atoms with van der Waals surface area (Å²) < 4.78 is 7.90. The Morgan fingerprint density at radius 3 is 2.40 bits per heavy atom. The van der Waals surface area contributed by atoms with E-state index in [0.717, 1.165) is 50.5 Å². The molecule has 8 rings (SSSR count). The van der Waals surface area contributed by atoms with Crippen LogP contribution in [0.2, 0.25) is 0 Å². The van der Waals surface area contributed by atoms with E-state index in [4.69, 9.17) is 9.84 Å². The number of aryl methyl sites for hydroxylation is 1. The largest absolute Gasteiger partial charge is 0.492 e. The maximum atomic E-state index is 13.2. The number of nitrogens with one attached hydrogen (secondary N) is 1. The third kappa shape index (κ3) is 5.85. The number of hydrogen-bond donors (Lipinski definition) is 2. The summed E-state index contributed by atoms with van der Waals surface area (Å²) in [5.41, 5.74) is 8.60. The third-order valence-corrected chi connectivity index (χ3v) is 9.81. The molecule has 4 amide bonds. The Bertz CT molecular complexity index is 2280. The van der Waals surface area contributed by atoms with E-state index in [1.807, 2.05) is 71.4 Å². The number of rotatable bonds is 9. The summed E-state index contributed by atoms with van der Waals surface area (Å²) in [6.45, 7) is 0.838. The van der Waals surface area contributed by atoms with E-state index in [-0.39, 0.29) is 24.0 Å². The molecule has 260 valence electrons. The molecule has 5 aromatic rings. The SMILES string of the molecule is CN(CCOc1ccc(-n2cc(-c3ccc4c(c3)CC/C4=N\O)c(-c3ccncc3)n2)cc1)c1ccc2c(c1)C(=O)N(C1CCC(=O)NC1=O)C2=O. The molecule has 2 aliphatic heterocycles. The first-order valence-corrected chi connectivity index (χ1v) is 16.9. The number of imide groups is 2. The van der Waals surface area contributed by atoms with Crippen molar-refractivity contribution in [1.29, 1.82) is 0 Å². The van der Waals surface area contributed by atoms with Crippen molar-refractivity contribution >= 4 is 35.0 Å². The Morgan fingerprint density at radius 1 is 0.865 bits per heavy atom. The summed E-state index contributed by atoms with van der Waals surface area (Å²) in [6, 6.07) is 21.7. The van der Waals surface area contributed by atoms with Crippen LogP contribution in [0.25, 0.3) is 28.1 Å². The molecule has 0 spiro atoms. The van der Waals surface area contributed by atoms with Crippen LogP contribution in [0.5, 0.6) is 5.75 Å². The molecule has 1 fully saturated rings. The van der Waals surface area contributed by atoms with E-state index >= 15 is 0 Å². The third-order valence-electron chi connectivity index (χ3n) is 9.81. The molecule has 1 unspecified atom stereocenters. The second-order valence-electron chi connectivity index (χ2n) is 12.9. The molecule has 0 saturated carbocycles. The van der Waals surface area contributed by atoms with Gasteiger partial charge in [0.25, 0.3) is 11.8 Å². The molecule has 13 heteroatoms. The van der Waals surface area contributed by atoms with Crippen LogP contribution in [0.4, 0.5) is 5.69 Å². The van der Waals surface area contributed by atoms with Crippen LogP contribution in [0, 0.1) is 0 Å². The van der Waals surface area contributed by atoms with E-state index in [1.54, 1.807) is 30.6 Å². The molecule has 1 atom stereocenters. The van der Waals surface area contributed by atoms with Crippen LogP contribution >= 0.6 is 0 Å². The Balaban J connectivity index is 0.942. The zero-order valence-corrected chi connectivity index (χ0v) is 28.2. The fourth-order valence-electron chi connectivity index (χ4n) is 7.00. The lowest BCUT2D eigenvalue weighted by atomic mass is 9.98. The molecule has 3 aliphatic rings. The number of likely N-dealkylation sites (N-methyl/N-ethyl adjacent to an activating group) is 1. The van der Waals surface area contributed by atoms with Crippen LogP contribution in [-0.4, -0.2) is 80.5 Å². The molecule has 2 aromatic heterocycles. The Morgan fingerprint density at radius 2 is 1.63 bits per heavy atom. The lowest BCUT2D eigenvalue weighted by Gasteiger charge is -2.27. The summed E-state index contributed by atoms with van der Waals surface area (Å²) >= 11 is 0. The van der Waals surface area contributed by atoms with Crippen molar-refractivity contribution in [3.8, 4) is 33.8 Å². The summed E-state index contributed by atoms with van der Waals surface area (Å²) in [6.07, 6.45) is 7.21. The van der Waals surface area contributed by atoms with Crippen molar-refractivity contribution < 1.29 is 29.1 Å². The van der Waals surface area contributed by atoms with Crippen LogP contribution in [0.3, 0.4) is 0 Å². The van der Waals surface area contributed by atoms with E-state index in [0.29, 0.717) is 36.7 Å². The van der Waals surface area contributed by atoms with Gasteiger partial charge < -0.3 is 14.8 Å². The number of carbonyl (C=O) groups is 4. The minimum atomic E-state index is -1.01. The van der Waals surface area contributed by atoms with Crippen molar-refractivity contribution in [3.05, 3.63) is 114 Å². The van der Waals surface area contributed by atoms with Crippen molar-refractivity contribution in [2.75, 3.05) is 25.1 Å². The lowest BCUT2D eigenvalue weighted by Crippen LogP contribution is -2.54. The molecule has 0 radical (unpaired) electrons. The first kappa shape index (κ1) is 32.6. The predicted molar refractivity (Wildman–Crippen MR) is 191 cm³/mol. The zero-order valence-electron chi connectivity index (χ0n) is 28.2. The average molecular weight is 696 g/mol. The van der Waals surface area contributed by atoms with Gasteiger partial charge in [-0.3, -0.25) is 34.4 Å². The first-order chi connectivity index (χ1) is 25.3. The van der Waals surface area contributed by atoms with Gasteiger partial charge in [-0.15, -0.1) is 0 Å². The van der Waals surface area contributed by atoms with Gasteiger partial charge in [-0.1, -0.05) is 23.4 Å². The van der Waals surface area contributed by atoms with Gasteiger partial charge in [0, 0.05) is 54.4 Å². The van der Waals surface area contributed by atoms with Crippen molar-refractivity contribution in [2.24, 2.45) is 5.16 Å². The monoisotopic (exact) mass is 695 g/mol. The molecule has 13 nitrogen and oxygen atoms in total. The fraction of sp³-hybridized carbons (Fsp3) is 0.205. The number of oxime groups is 1. The second-order valence-corrected chi connectivity index (χ2v) is 12.9. The summed E-state index contributed by atoms with van der Waals surface area (Å²) in [7, 11) is 1.86. The molecular formula is C39H33N7O6. The number of hydrogen-bond acceptors (Lipinski definition) is 10. The Hall–Kier alpha value is -6.63. The molecular weight excluding hydrogens is 662 g/mol. The normalized spacial score (nSPS) is 17.4. The smallest absolute Gasteiger partial charge is 0.262 e. The Kier molecular flexibility index (Phi) is 8.30. The molecule has 4 heterocycles. The summed E-state index contributed by atoms with van der Waals surface area (Å²) in [5, 5.41) is 20.0. The molecule has 1 aliphatic carbocycles. The number of pyridine rings is 1. The highest BCUT2D eigenvalue weighted by molar-refractivity contribution is 6.23. The predicted octanol–water partition coefficient (Wildman–Crippen LogP) is 4.64. The van der Waals surface area contributed by atoms with Crippen LogP contribution < -0.4 is 15.0 Å². The van der Waals surface area contributed by atoms with Gasteiger partial charge >= 0.3 is 0 Å². The standard InChI is InChI=1S/C39H33N7O6/c1-44(27-6-10-30-31(21-27)39(50)46(38(30)49)34-12-13-35(47)41-37(34)48)18-19-52-28-7-4-26(5-8-28)45-22-32(36(42-45)23-14-16-40-17-15-23)25-2-9-29-24(20-25)3-11-33(29)43-51/h2,4-10,14-17,20-22,34,51H,3,11-13,18-19H2,1H3,(H,41,47,48)/b43-33+. The average Bonchev–Trinajstić information content (AvgIpc) is 3.86. The van der Waals surface area contributed by atoms with Crippen LogP contribution in [-0.2, 0) is 16.0 Å². The maximum absolute atomic E-state index is 13.2. The van der Waals surface area contributed by atoms with E-state index in [9.17, 15) is 24.4 Å². The van der Waals surface area contributed by atoms with E-state index < -0.39 is 29.7 Å². The number of amides is 4. The summed E-state index contributed by atoms with van der Waals surface area (Å²) in [5.74, 6) is -1.46. The van der Waals surface area contributed by atoms with Gasteiger partial charge in [0.05, 0.1) is 29.1 Å². The highest BCUT2D eigenvalue weighted by Crippen LogP contribution is 2.35. The van der Waals surface area contributed by atoms with Gasteiger partial charge in [0.1, 0.15) is 24.1 Å². The van der Waals surface area contributed by atoms with Gasteiger partial charge in [-0.25, -0.2) is 4.68 Å². The highest BCUT2D eigenvalue weighted by Gasteiger charge is 2.44. The zero-order chi connectivity index (χ0) is 35.9. The molecule has 2 N–H and O–H groups in total. The van der Waals surface area contributed by atoms with Crippen molar-refractivity contribution in [3.63, 3.8) is 0 Å². The highest BCUT2D eigenvalue weighted by atomic mass is 16.5. The number of aromatic nitrogens is 3. The van der Waals surface area contributed by atoms with Crippen LogP contribution in [0.15, 0.2) is 96.5 Å². The van der Waals surface area contributed by atoms with Gasteiger partial charge in [-0.05, 0) is 85.0 Å². The first-order valence-electron chi connectivity index (χ1n) is 16.9. The maximum Gasteiger partial charge on any atom is 0.262 e. The van der Waals surface area contributed by atoms with Gasteiger partial charge in [-0.2, -0.15) is 5.10 Å². The molecule has 1 saturated heterocycles. The van der Waals surface area contributed by atoms with Gasteiger partial charge in [0.15, 0.2) is 0 Å². The van der Waals surface area contributed by atoms with Crippen molar-refractivity contribution in [2.45, 2.75) is 31.7 Å². The number of nitrogens with zero attached hydrogens (tertiary/aromatic N) is 6. The number of fused-ring (bicyclic) bond motifs is 2. The topological polar surface area (TPSA) is 159 Å². The number of benzene rings is 3. The Labute approximate surface area is 298 Å². The molecule has 0 bridgehead atoms. The lowest BCUT2D eigenvalue weighted by molar-refractivity contribution is -0.136. The van der Waals surface area contributed by atoms with Gasteiger partial charge in [0.2, 0.25) is 11.8 Å².